The lowest BCUT2D eigenvalue weighted by Crippen LogP contribution is -2.29. The zero-order valence-electron chi connectivity index (χ0n) is 22.3. The Hall–Kier alpha value is -4.21. The van der Waals surface area contributed by atoms with Crippen LogP contribution < -0.4 is 15.5 Å². The van der Waals surface area contributed by atoms with Crippen molar-refractivity contribution in [2.45, 2.75) is 32.9 Å². The van der Waals surface area contributed by atoms with Crippen LogP contribution >= 0.6 is 12.2 Å². The van der Waals surface area contributed by atoms with Crippen LogP contribution in [-0.4, -0.2) is 39.4 Å². The van der Waals surface area contributed by atoms with Crippen molar-refractivity contribution in [2.24, 2.45) is 0 Å². The summed E-state index contributed by atoms with van der Waals surface area (Å²) in [6.45, 7) is 6.13. The number of amides is 1. The number of hydrogen-bond acceptors (Lipinski definition) is 5. The Bertz CT molecular complexity index is 1520. The number of carbonyl (C=O) groups is 1. The quantitative estimate of drug-likeness (QED) is 0.275. The number of rotatable bonds is 7. The normalized spacial score (nSPS) is 16.8. The summed E-state index contributed by atoms with van der Waals surface area (Å²) < 4.78 is 7.13. The number of nitrogens with zero attached hydrogens (tertiary/aromatic N) is 3. The molecule has 2 atom stereocenters. The van der Waals surface area contributed by atoms with Crippen LogP contribution in [-0.2, 0) is 9.53 Å². The molecule has 2 aromatic heterocycles. The van der Waals surface area contributed by atoms with E-state index in [4.69, 9.17) is 17.0 Å². The van der Waals surface area contributed by atoms with Gasteiger partial charge in [-0.25, -0.2) is 0 Å². The third-order valence-corrected chi connectivity index (χ3v) is 7.35. The van der Waals surface area contributed by atoms with Gasteiger partial charge in [0.1, 0.15) is 12.4 Å². The smallest absolute Gasteiger partial charge is 0.250 e. The number of pyridine rings is 1. The fraction of sp³-hybridized carbons (Fsp3) is 0.233. The standard InChI is InChI=1S/C30H31N5O3S/c1-18-15-22(10-13-25(18)32-27(37)17-38-4)35-29(28(33-30(35)39)26-7-5-6-14-31-26)24-16-19(2)34(20(24)3)21-8-11-23(36)12-9-21/h5-16,28-29,36H,17H2,1-4H3,(H,32,37)(H,33,39)/t28-,29-/m1/s1. The number of methoxy groups -OCH3 is 1. The minimum Gasteiger partial charge on any atom is -0.508 e. The van der Waals surface area contributed by atoms with Crippen molar-refractivity contribution in [3.8, 4) is 11.4 Å². The minimum atomic E-state index is -0.207. The van der Waals surface area contributed by atoms with Crippen LogP contribution in [0, 0.1) is 20.8 Å². The molecular weight excluding hydrogens is 510 g/mol. The van der Waals surface area contributed by atoms with E-state index in [0.717, 1.165) is 45.3 Å². The molecule has 1 aliphatic heterocycles. The first-order chi connectivity index (χ1) is 18.8. The zero-order valence-corrected chi connectivity index (χ0v) is 23.1. The molecular formula is C30H31N5O3S. The molecule has 1 fully saturated rings. The van der Waals surface area contributed by atoms with E-state index in [9.17, 15) is 9.90 Å². The highest BCUT2D eigenvalue weighted by Crippen LogP contribution is 2.44. The van der Waals surface area contributed by atoms with Gasteiger partial charge >= 0.3 is 0 Å². The number of phenols is 1. The van der Waals surface area contributed by atoms with E-state index >= 15 is 0 Å². The molecule has 2 aromatic carbocycles. The van der Waals surface area contributed by atoms with Crippen LogP contribution in [0.15, 0.2) is 72.9 Å². The topological polar surface area (TPSA) is 91.7 Å². The Morgan fingerprint density at radius 1 is 1.08 bits per heavy atom. The predicted octanol–water partition coefficient (Wildman–Crippen LogP) is 5.27. The lowest BCUT2D eigenvalue weighted by Gasteiger charge is -2.29. The number of ether oxygens (including phenoxy) is 1. The van der Waals surface area contributed by atoms with Crippen molar-refractivity contribution in [1.29, 1.82) is 0 Å². The molecule has 0 spiro atoms. The van der Waals surface area contributed by atoms with Crippen molar-refractivity contribution in [3.05, 3.63) is 101 Å². The number of anilines is 2. The van der Waals surface area contributed by atoms with Gasteiger partial charge in [-0.3, -0.25) is 9.78 Å². The van der Waals surface area contributed by atoms with Crippen LogP contribution in [0.3, 0.4) is 0 Å². The first-order valence-corrected chi connectivity index (χ1v) is 13.1. The van der Waals surface area contributed by atoms with Gasteiger partial charge in [0.2, 0.25) is 5.91 Å². The minimum absolute atomic E-state index is 0.00813. The van der Waals surface area contributed by atoms with E-state index in [1.54, 1.807) is 18.3 Å². The number of thiocarbonyl (C=S) groups is 1. The van der Waals surface area contributed by atoms with E-state index in [1.807, 2.05) is 55.5 Å². The SMILES string of the molecule is COCC(=O)Nc1ccc(N2C(=S)N[C@H](c3ccccn3)[C@H]2c2cc(C)n(-c3ccc(O)cc3)c2C)cc1C. The van der Waals surface area contributed by atoms with Crippen LogP contribution in [0.25, 0.3) is 5.69 Å². The third-order valence-electron chi connectivity index (χ3n) is 7.03. The van der Waals surface area contributed by atoms with Crippen molar-refractivity contribution < 1.29 is 14.6 Å². The summed E-state index contributed by atoms with van der Waals surface area (Å²) in [5.74, 6) is 0.0202. The Morgan fingerprint density at radius 3 is 2.49 bits per heavy atom. The Kier molecular flexibility index (Phi) is 7.36. The summed E-state index contributed by atoms with van der Waals surface area (Å²) in [7, 11) is 1.49. The maximum absolute atomic E-state index is 12.1. The van der Waals surface area contributed by atoms with Gasteiger partial charge in [0, 0.05) is 41.8 Å². The molecule has 39 heavy (non-hydrogen) atoms. The van der Waals surface area contributed by atoms with Gasteiger partial charge < -0.3 is 29.9 Å². The molecule has 0 bridgehead atoms. The molecule has 8 nitrogen and oxygen atoms in total. The van der Waals surface area contributed by atoms with Crippen LogP contribution in [0.1, 0.15) is 40.3 Å². The van der Waals surface area contributed by atoms with Gasteiger partial charge in [-0.15, -0.1) is 0 Å². The average molecular weight is 542 g/mol. The van der Waals surface area contributed by atoms with Gasteiger partial charge in [-0.1, -0.05) is 6.07 Å². The number of phenolic OH excluding ortho intramolecular Hbond substituents is 1. The summed E-state index contributed by atoms with van der Waals surface area (Å²) >= 11 is 5.91. The summed E-state index contributed by atoms with van der Waals surface area (Å²) in [6.07, 6.45) is 1.79. The molecule has 4 aromatic rings. The van der Waals surface area contributed by atoms with Crippen molar-refractivity contribution in [2.75, 3.05) is 23.9 Å². The van der Waals surface area contributed by atoms with Gasteiger partial charge in [0.05, 0.1) is 17.8 Å². The molecule has 3 N–H and O–H groups in total. The highest BCUT2D eigenvalue weighted by atomic mass is 32.1. The zero-order chi connectivity index (χ0) is 27.7. The monoisotopic (exact) mass is 541 g/mol. The molecule has 1 amide bonds. The van der Waals surface area contributed by atoms with E-state index in [-0.39, 0.29) is 30.3 Å². The first-order valence-electron chi connectivity index (χ1n) is 12.7. The molecule has 0 saturated carbocycles. The molecule has 0 unspecified atom stereocenters. The van der Waals surface area contributed by atoms with Crippen LogP contribution in [0.2, 0.25) is 0 Å². The molecule has 3 heterocycles. The number of aryl methyl sites for hydroxylation is 2. The van der Waals surface area contributed by atoms with Gasteiger partial charge in [0.25, 0.3) is 0 Å². The summed E-state index contributed by atoms with van der Waals surface area (Å²) in [4.78, 5) is 18.9. The number of aromatic nitrogens is 2. The maximum Gasteiger partial charge on any atom is 0.250 e. The third kappa shape index (κ3) is 5.10. The fourth-order valence-electron chi connectivity index (χ4n) is 5.29. The number of benzene rings is 2. The number of aromatic hydroxyl groups is 1. The molecule has 1 saturated heterocycles. The van der Waals surface area contributed by atoms with Crippen molar-refractivity contribution in [1.82, 2.24) is 14.9 Å². The molecule has 9 heteroatoms. The predicted molar refractivity (Wildman–Crippen MR) is 157 cm³/mol. The van der Waals surface area contributed by atoms with Gasteiger partial charge in [-0.05, 0) is 105 Å². The number of hydrogen-bond donors (Lipinski definition) is 3. The summed E-state index contributed by atoms with van der Waals surface area (Å²) in [5.41, 5.74) is 7.65. The molecule has 0 radical (unpaired) electrons. The highest BCUT2D eigenvalue weighted by Gasteiger charge is 2.42. The molecule has 200 valence electrons. The second-order valence-electron chi connectivity index (χ2n) is 9.66. The summed E-state index contributed by atoms with van der Waals surface area (Å²) in [6, 6.07) is 20.8. The number of carbonyl (C=O) groups excluding carboxylic acids is 1. The Morgan fingerprint density at radius 2 is 1.82 bits per heavy atom. The largest absolute Gasteiger partial charge is 0.508 e. The van der Waals surface area contributed by atoms with E-state index in [1.165, 1.54) is 7.11 Å². The van der Waals surface area contributed by atoms with Gasteiger partial charge in [0.15, 0.2) is 5.11 Å². The Labute approximate surface area is 233 Å². The summed E-state index contributed by atoms with van der Waals surface area (Å²) in [5, 5.41) is 16.8. The maximum atomic E-state index is 12.1. The lowest BCUT2D eigenvalue weighted by molar-refractivity contribution is -0.119. The van der Waals surface area contributed by atoms with E-state index in [0.29, 0.717) is 5.11 Å². The van der Waals surface area contributed by atoms with Crippen molar-refractivity contribution >= 4 is 34.6 Å². The molecule has 1 aliphatic rings. The fourth-order valence-corrected chi connectivity index (χ4v) is 5.64. The number of nitrogens with one attached hydrogen (secondary N) is 2. The van der Waals surface area contributed by atoms with Crippen LogP contribution in [0.4, 0.5) is 11.4 Å². The van der Waals surface area contributed by atoms with E-state index < -0.39 is 0 Å². The highest BCUT2D eigenvalue weighted by molar-refractivity contribution is 7.80. The average Bonchev–Trinajstić information content (AvgIpc) is 3.41. The van der Waals surface area contributed by atoms with Crippen molar-refractivity contribution in [3.63, 3.8) is 0 Å². The van der Waals surface area contributed by atoms with Gasteiger partial charge in [-0.2, -0.15) is 0 Å². The Balaban J connectivity index is 1.60. The lowest BCUT2D eigenvalue weighted by atomic mass is 9.96. The second kappa shape index (κ2) is 10.9. The molecule has 5 rings (SSSR count). The second-order valence-corrected chi connectivity index (χ2v) is 10.0. The molecule has 0 aliphatic carbocycles. The van der Waals surface area contributed by atoms with E-state index in [2.05, 4.69) is 45.0 Å². The van der Waals surface area contributed by atoms with Crippen LogP contribution in [0.5, 0.6) is 5.75 Å². The first kappa shape index (κ1) is 26.4.